The lowest BCUT2D eigenvalue weighted by atomic mass is 10.1. The fourth-order valence-electron chi connectivity index (χ4n) is 6.17. The highest BCUT2D eigenvalue weighted by atomic mass is 31.2. The Balaban J connectivity index is 4.00. The molecule has 0 aromatic rings. The van der Waals surface area contributed by atoms with Crippen LogP contribution < -0.4 is 0 Å². The van der Waals surface area contributed by atoms with Crippen LogP contribution in [0.15, 0.2) is 60.8 Å². The molecule has 0 fully saturated rings. The number of phosphoric ester groups is 1. The second-order valence-corrected chi connectivity index (χ2v) is 16.7. The lowest BCUT2D eigenvalue weighted by Gasteiger charge is -2.19. The molecule has 0 aromatic heterocycles. The van der Waals surface area contributed by atoms with E-state index in [1.807, 2.05) is 0 Å². The number of hydrogen-bond donors (Lipinski definition) is 1. The van der Waals surface area contributed by atoms with Gasteiger partial charge in [-0.15, -0.1) is 0 Å². The molecule has 0 spiro atoms. The van der Waals surface area contributed by atoms with Crippen molar-refractivity contribution in [1.29, 1.82) is 0 Å². The smallest absolute Gasteiger partial charge is 0.462 e. The maximum absolute atomic E-state index is 12.5. The number of ether oxygens (including phenoxy) is 2. The molecule has 0 aliphatic carbocycles. The molecule has 0 aliphatic rings. The van der Waals surface area contributed by atoms with Crippen LogP contribution in [0.5, 0.6) is 0 Å². The van der Waals surface area contributed by atoms with Crippen LogP contribution in [-0.4, -0.2) is 43.3 Å². The first-order chi connectivity index (χ1) is 27.8. The van der Waals surface area contributed by atoms with Gasteiger partial charge in [0.1, 0.15) is 6.61 Å². The van der Waals surface area contributed by atoms with Gasteiger partial charge in [-0.3, -0.25) is 18.6 Å². The molecule has 0 bridgehead atoms. The van der Waals surface area contributed by atoms with Crippen molar-refractivity contribution in [3.8, 4) is 0 Å². The molecule has 330 valence electrons. The molecule has 1 N–H and O–H groups in total. The third kappa shape index (κ3) is 43.2. The van der Waals surface area contributed by atoms with E-state index in [4.69, 9.17) is 14.0 Å². The van der Waals surface area contributed by atoms with E-state index in [1.165, 1.54) is 96.3 Å². The van der Waals surface area contributed by atoms with Gasteiger partial charge in [0.2, 0.25) is 0 Å². The first-order valence-electron chi connectivity index (χ1n) is 23.0. The summed E-state index contributed by atoms with van der Waals surface area (Å²) in [5.74, 6) is -0.823. The summed E-state index contributed by atoms with van der Waals surface area (Å²) in [4.78, 5) is 34.6. The molecular formula is C48H85O8P. The van der Waals surface area contributed by atoms with Crippen LogP contribution in [0.1, 0.15) is 206 Å². The number of allylic oxidation sites excluding steroid dienone is 10. The molecule has 0 aliphatic heterocycles. The van der Waals surface area contributed by atoms with Crippen molar-refractivity contribution in [2.45, 2.75) is 213 Å². The predicted octanol–water partition coefficient (Wildman–Crippen LogP) is 14.7. The van der Waals surface area contributed by atoms with Gasteiger partial charge < -0.3 is 14.4 Å². The molecule has 57 heavy (non-hydrogen) atoms. The van der Waals surface area contributed by atoms with Crippen molar-refractivity contribution < 1.29 is 37.6 Å². The van der Waals surface area contributed by atoms with E-state index in [1.54, 1.807) is 0 Å². The molecule has 2 unspecified atom stereocenters. The Bertz CT molecular complexity index is 1110. The fourth-order valence-corrected chi connectivity index (χ4v) is 6.63. The van der Waals surface area contributed by atoms with E-state index in [0.717, 1.165) is 84.2 Å². The minimum absolute atomic E-state index is 0.227. The fraction of sp³-hybridized carbons (Fsp3) is 0.750. The molecule has 9 heteroatoms. The zero-order valence-corrected chi connectivity index (χ0v) is 37.6. The van der Waals surface area contributed by atoms with E-state index in [9.17, 15) is 19.0 Å². The highest BCUT2D eigenvalue weighted by Gasteiger charge is 2.24. The molecular weight excluding hydrogens is 735 g/mol. The largest absolute Gasteiger partial charge is 0.472 e. The van der Waals surface area contributed by atoms with E-state index in [0.29, 0.717) is 6.42 Å². The Morgan fingerprint density at radius 2 is 0.842 bits per heavy atom. The average molecular weight is 821 g/mol. The summed E-state index contributed by atoms with van der Waals surface area (Å²) in [5.41, 5.74) is 0. The summed E-state index contributed by atoms with van der Waals surface area (Å²) < 4.78 is 32.0. The summed E-state index contributed by atoms with van der Waals surface area (Å²) in [6, 6.07) is 0. The zero-order valence-electron chi connectivity index (χ0n) is 36.7. The molecule has 0 heterocycles. The van der Waals surface area contributed by atoms with Crippen molar-refractivity contribution in [3.05, 3.63) is 60.8 Å². The van der Waals surface area contributed by atoms with Crippen LogP contribution in [0, 0.1) is 0 Å². The van der Waals surface area contributed by atoms with Crippen LogP contribution >= 0.6 is 7.82 Å². The minimum atomic E-state index is -4.27. The van der Waals surface area contributed by atoms with Gasteiger partial charge >= 0.3 is 19.8 Å². The lowest BCUT2D eigenvalue weighted by Crippen LogP contribution is -2.29. The van der Waals surface area contributed by atoms with Gasteiger partial charge in [-0.1, -0.05) is 171 Å². The van der Waals surface area contributed by atoms with Gasteiger partial charge in [0.15, 0.2) is 6.10 Å². The number of esters is 2. The Labute approximate surface area is 350 Å². The molecule has 0 saturated heterocycles. The summed E-state index contributed by atoms with van der Waals surface area (Å²) in [5, 5.41) is 0. The zero-order chi connectivity index (χ0) is 41.8. The first-order valence-corrected chi connectivity index (χ1v) is 24.5. The first kappa shape index (κ1) is 54.8. The molecule has 2 atom stereocenters. The normalized spacial score (nSPS) is 13.8. The summed E-state index contributed by atoms with van der Waals surface area (Å²) in [7, 11) is -3.21. The molecule has 0 aromatic carbocycles. The number of rotatable bonds is 42. The van der Waals surface area contributed by atoms with E-state index < -0.39 is 26.5 Å². The van der Waals surface area contributed by atoms with Crippen molar-refractivity contribution in [3.63, 3.8) is 0 Å². The topological polar surface area (TPSA) is 108 Å². The van der Waals surface area contributed by atoms with Gasteiger partial charge in [-0.2, -0.15) is 0 Å². The predicted molar refractivity (Wildman–Crippen MR) is 239 cm³/mol. The minimum Gasteiger partial charge on any atom is -0.462 e. The van der Waals surface area contributed by atoms with Gasteiger partial charge in [-0.05, 0) is 83.5 Å². The Morgan fingerprint density at radius 1 is 0.491 bits per heavy atom. The van der Waals surface area contributed by atoms with Crippen molar-refractivity contribution in [2.24, 2.45) is 0 Å². The summed E-state index contributed by atoms with van der Waals surface area (Å²) in [6.07, 6.45) is 54.1. The second-order valence-electron chi connectivity index (χ2n) is 15.2. The maximum Gasteiger partial charge on any atom is 0.472 e. The van der Waals surface area contributed by atoms with Crippen molar-refractivity contribution in [1.82, 2.24) is 0 Å². The van der Waals surface area contributed by atoms with Gasteiger partial charge in [0.25, 0.3) is 0 Å². The van der Waals surface area contributed by atoms with Crippen molar-refractivity contribution >= 4 is 19.8 Å². The Morgan fingerprint density at radius 3 is 1.25 bits per heavy atom. The molecule has 0 amide bonds. The second kappa shape index (κ2) is 43.3. The van der Waals surface area contributed by atoms with E-state index >= 15 is 0 Å². The average Bonchev–Trinajstić information content (AvgIpc) is 3.20. The molecule has 0 rings (SSSR count). The number of carbonyl (C=O) groups is 2. The Kier molecular flexibility index (Phi) is 41.6. The van der Waals surface area contributed by atoms with Crippen LogP contribution in [-0.2, 0) is 32.7 Å². The highest BCUT2D eigenvalue weighted by Crippen LogP contribution is 2.42. The number of carbonyl (C=O) groups excluding carboxylic acids is 2. The number of unbranched alkanes of at least 4 members (excludes halogenated alkanes) is 21. The van der Waals surface area contributed by atoms with Gasteiger partial charge in [0.05, 0.1) is 6.61 Å². The number of phosphoric acid groups is 1. The van der Waals surface area contributed by atoms with Crippen LogP contribution in [0.3, 0.4) is 0 Å². The quantitative estimate of drug-likeness (QED) is 0.0281. The standard InChI is InChI=1S/C48H85O8P/c1-4-6-8-10-12-14-16-18-20-22-24-26-28-30-32-34-36-38-40-42-47(49)54-44-46(45-55-57(51,52)53-3)56-48(50)43-41-39-37-35-33-31-29-27-25-23-21-19-17-15-13-11-9-7-5-2/h12-15,18-21,25,27,46H,4-11,16-17,22-24,26,28-45H2,1-3H3,(H,51,52)/b14-12-,15-13-,20-18-,21-19-,27-25-. The van der Waals surface area contributed by atoms with Gasteiger partial charge in [0, 0.05) is 20.0 Å². The van der Waals surface area contributed by atoms with Crippen LogP contribution in [0.4, 0.5) is 0 Å². The summed E-state index contributed by atoms with van der Waals surface area (Å²) in [6.45, 7) is 3.83. The maximum atomic E-state index is 12.5. The Hall–Kier alpha value is -2.25. The third-order valence-corrected chi connectivity index (χ3v) is 10.7. The van der Waals surface area contributed by atoms with Crippen LogP contribution in [0.25, 0.3) is 0 Å². The molecule has 0 saturated carbocycles. The molecule has 8 nitrogen and oxygen atoms in total. The molecule has 0 radical (unpaired) electrons. The number of hydrogen-bond acceptors (Lipinski definition) is 7. The highest BCUT2D eigenvalue weighted by molar-refractivity contribution is 7.47. The van der Waals surface area contributed by atoms with E-state index in [-0.39, 0.29) is 25.4 Å². The monoisotopic (exact) mass is 821 g/mol. The van der Waals surface area contributed by atoms with E-state index in [2.05, 4.69) is 79.1 Å². The van der Waals surface area contributed by atoms with Gasteiger partial charge in [-0.25, -0.2) is 4.57 Å². The lowest BCUT2D eigenvalue weighted by molar-refractivity contribution is -0.161. The summed E-state index contributed by atoms with van der Waals surface area (Å²) >= 11 is 0. The third-order valence-electron chi connectivity index (χ3n) is 9.73. The SMILES string of the molecule is CCCCC/C=C\C/C=C\C/C=C\CCCCCCCCC(=O)OC(COC(=O)CCCCCCCCCCC/C=C\C/C=C\CCCCC)COP(=O)(O)OC. The van der Waals surface area contributed by atoms with Crippen molar-refractivity contribution in [2.75, 3.05) is 20.3 Å². The van der Waals surface area contributed by atoms with Crippen LogP contribution in [0.2, 0.25) is 0 Å².